The van der Waals surface area contributed by atoms with Crippen LogP contribution in [0, 0.1) is 0 Å². The molecule has 2 saturated heterocycles. The van der Waals surface area contributed by atoms with Crippen LogP contribution in [0.5, 0.6) is 11.5 Å². The van der Waals surface area contributed by atoms with Gasteiger partial charge in [0.15, 0.2) is 10.3 Å². The second-order valence-electron chi connectivity index (χ2n) is 8.65. The molecule has 0 unspecified atom stereocenters. The number of ether oxygens (including phenoxy) is 3. The highest BCUT2D eigenvalue weighted by Crippen LogP contribution is 2.36. The molecule has 2 aliphatic heterocycles. The third-order valence-electron chi connectivity index (χ3n) is 6.28. The third kappa shape index (κ3) is 4.26. The average molecular weight is 498 g/mol. The minimum absolute atomic E-state index is 0.293. The van der Waals surface area contributed by atoms with Crippen molar-refractivity contribution in [3.8, 4) is 11.5 Å². The molecule has 0 radical (unpaired) electrons. The number of methoxy groups -OCH3 is 2. The van der Waals surface area contributed by atoms with Crippen molar-refractivity contribution >= 4 is 53.4 Å². The SMILES string of the molecule is COc1ccc2nc(N3CN(C[C@H]4CCCO4)CN(c4nc5ccc(OC)cc5s4)C3)sc2c1. The Kier molecular flexibility index (Phi) is 5.90. The Bertz CT molecular complexity index is 1210. The van der Waals surface area contributed by atoms with E-state index in [9.17, 15) is 0 Å². The van der Waals surface area contributed by atoms with E-state index in [1.807, 2.05) is 24.3 Å². The molecule has 10 heteroatoms. The normalized spacial score (nSPS) is 19.4. The summed E-state index contributed by atoms with van der Waals surface area (Å²) in [5, 5.41) is 2.01. The zero-order valence-electron chi connectivity index (χ0n) is 19.3. The molecule has 8 nitrogen and oxygen atoms in total. The van der Waals surface area contributed by atoms with Crippen LogP contribution < -0.4 is 19.3 Å². The van der Waals surface area contributed by atoms with Gasteiger partial charge in [0.25, 0.3) is 0 Å². The number of benzene rings is 2. The van der Waals surface area contributed by atoms with Gasteiger partial charge < -0.3 is 24.0 Å². The van der Waals surface area contributed by atoms with Crippen LogP contribution in [0.25, 0.3) is 20.4 Å². The van der Waals surface area contributed by atoms with Crippen molar-refractivity contribution < 1.29 is 14.2 Å². The van der Waals surface area contributed by atoms with Gasteiger partial charge in [0.05, 0.1) is 60.8 Å². The maximum Gasteiger partial charge on any atom is 0.188 e. The van der Waals surface area contributed by atoms with Crippen molar-refractivity contribution in [1.29, 1.82) is 0 Å². The molecule has 0 aliphatic carbocycles. The summed E-state index contributed by atoms with van der Waals surface area (Å²) in [7, 11) is 3.39. The number of nitrogens with zero attached hydrogens (tertiary/aromatic N) is 5. The fourth-order valence-electron chi connectivity index (χ4n) is 4.57. The molecule has 1 atom stereocenters. The molecule has 0 spiro atoms. The minimum Gasteiger partial charge on any atom is -0.497 e. The second-order valence-corrected chi connectivity index (χ2v) is 10.7. The highest BCUT2D eigenvalue weighted by molar-refractivity contribution is 7.22. The first-order valence-corrected chi connectivity index (χ1v) is 13.0. The number of hydrogen-bond donors (Lipinski definition) is 0. The van der Waals surface area contributed by atoms with E-state index in [-0.39, 0.29) is 0 Å². The van der Waals surface area contributed by atoms with Gasteiger partial charge in [-0.2, -0.15) is 0 Å². The first-order chi connectivity index (χ1) is 16.7. The van der Waals surface area contributed by atoms with Crippen LogP contribution in [0.1, 0.15) is 12.8 Å². The quantitative estimate of drug-likeness (QED) is 0.383. The van der Waals surface area contributed by atoms with Crippen molar-refractivity contribution in [2.45, 2.75) is 18.9 Å². The molecule has 34 heavy (non-hydrogen) atoms. The molecule has 0 amide bonds. The Hall–Kier alpha value is -2.66. The molecule has 178 valence electrons. The standard InChI is InChI=1S/C24H27N5O3S2/c1-30-16-5-7-19-21(10-16)33-23(25-19)28-13-27(12-18-4-3-9-32-18)14-29(15-28)24-26-20-8-6-17(31-2)11-22(20)34-24/h5-8,10-11,18H,3-4,9,12-15H2,1-2H3/t18-/m1/s1. The summed E-state index contributed by atoms with van der Waals surface area (Å²) in [6, 6.07) is 12.1. The van der Waals surface area contributed by atoms with Crippen molar-refractivity contribution in [2.75, 3.05) is 57.2 Å². The first kappa shape index (κ1) is 21.8. The summed E-state index contributed by atoms with van der Waals surface area (Å²) in [6.07, 6.45) is 2.56. The van der Waals surface area contributed by atoms with Crippen LogP contribution in [0.2, 0.25) is 0 Å². The number of thiazole rings is 2. The molecule has 2 aromatic carbocycles. The van der Waals surface area contributed by atoms with Crippen molar-refractivity contribution in [3.63, 3.8) is 0 Å². The molecular weight excluding hydrogens is 470 g/mol. The number of hydrogen-bond acceptors (Lipinski definition) is 10. The van der Waals surface area contributed by atoms with E-state index >= 15 is 0 Å². The number of rotatable bonds is 6. The molecular formula is C24H27N5O3S2. The number of aromatic nitrogens is 2. The van der Waals surface area contributed by atoms with Gasteiger partial charge in [-0.15, -0.1) is 0 Å². The zero-order valence-corrected chi connectivity index (χ0v) is 20.9. The van der Waals surface area contributed by atoms with Crippen LogP contribution in [-0.2, 0) is 4.74 Å². The van der Waals surface area contributed by atoms with Gasteiger partial charge in [-0.25, -0.2) is 9.97 Å². The molecule has 0 bridgehead atoms. The molecule has 4 heterocycles. The Morgan fingerprint density at radius 2 is 1.47 bits per heavy atom. The van der Waals surface area contributed by atoms with Crippen molar-refractivity contribution in [3.05, 3.63) is 36.4 Å². The van der Waals surface area contributed by atoms with Gasteiger partial charge in [0.2, 0.25) is 0 Å². The van der Waals surface area contributed by atoms with Gasteiger partial charge in [0.1, 0.15) is 11.5 Å². The second kappa shape index (κ2) is 9.18. The van der Waals surface area contributed by atoms with Crippen LogP contribution in [0.15, 0.2) is 36.4 Å². The van der Waals surface area contributed by atoms with E-state index in [0.29, 0.717) is 6.10 Å². The zero-order chi connectivity index (χ0) is 23.1. The molecule has 4 aromatic rings. The summed E-state index contributed by atoms with van der Waals surface area (Å²) in [5.74, 6) is 1.71. The lowest BCUT2D eigenvalue weighted by Crippen LogP contribution is -2.56. The molecule has 0 N–H and O–H groups in total. The van der Waals surface area contributed by atoms with Gasteiger partial charge in [-0.05, 0) is 49.2 Å². The molecule has 2 aliphatic rings. The Morgan fingerprint density at radius 1 is 0.882 bits per heavy atom. The maximum atomic E-state index is 5.95. The van der Waals surface area contributed by atoms with Crippen molar-refractivity contribution in [1.82, 2.24) is 14.9 Å². The van der Waals surface area contributed by atoms with Crippen LogP contribution in [0.3, 0.4) is 0 Å². The molecule has 2 fully saturated rings. The van der Waals surface area contributed by atoms with Gasteiger partial charge in [-0.3, -0.25) is 4.90 Å². The van der Waals surface area contributed by atoms with E-state index in [1.54, 1.807) is 36.9 Å². The van der Waals surface area contributed by atoms with E-state index in [2.05, 4.69) is 26.8 Å². The Balaban J connectivity index is 1.31. The maximum absolute atomic E-state index is 5.95. The molecule has 6 rings (SSSR count). The summed E-state index contributed by atoms with van der Waals surface area (Å²) in [5.41, 5.74) is 1.99. The summed E-state index contributed by atoms with van der Waals surface area (Å²) in [6.45, 7) is 4.13. The Labute approximate surface area is 206 Å². The fourth-order valence-corrected chi connectivity index (χ4v) is 6.52. The predicted molar refractivity (Wildman–Crippen MR) is 138 cm³/mol. The molecule has 2 aromatic heterocycles. The van der Waals surface area contributed by atoms with Crippen LogP contribution in [0.4, 0.5) is 10.3 Å². The summed E-state index contributed by atoms with van der Waals surface area (Å²) in [4.78, 5) is 17.0. The lowest BCUT2D eigenvalue weighted by Gasteiger charge is -2.42. The highest BCUT2D eigenvalue weighted by atomic mass is 32.1. The molecule has 0 saturated carbocycles. The Morgan fingerprint density at radius 3 is 1.97 bits per heavy atom. The number of fused-ring (bicyclic) bond motifs is 2. The minimum atomic E-state index is 0.293. The topological polar surface area (TPSA) is 63.2 Å². The van der Waals surface area contributed by atoms with Gasteiger partial charge in [-0.1, -0.05) is 22.7 Å². The van der Waals surface area contributed by atoms with Gasteiger partial charge in [0, 0.05) is 13.2 Å². The van der Waals surface area contributed by atoms with Crippen molar-refractivity contribution in [2.24, 2.45) is 0 Å². The predicted octanol–water partition coefficient (Wildman–Crippen LogP) is 4.60. The van der Waals surface area contributed by atoms with E-state index in [1.165, 1.54) is 0 Å². The summed E-state index contributed by atoms with van der Waals surface area (Å²) >= 11 is 3.40. The average Bonchev–Trinajstić information content (AvgIpc) is 3.62. The lowest BCUT2D eigenvalue weighted by atomic mass is 10.2. The van der Waals surface area contributed by atoms with Crippen LogP contribution >= 0.6 is 22.7 Å². The van der Waals surface area contributed by atoms with E-state index < -0.39 is 0 Å². The van der Waals surface area contributed by atoms with E-state index in [4.69, 9.17) is 24.2 Å². The fraction of sp³-hybridized carbons (Fsp3) is 0.417. The summed E-state index contributed by atoms with van der Waals surface area (Å²) < 4.78 is 19.0. The smallest absolute Gasteiger partial charge is 0.188 e. The third-order valence-corrected chi connectivity index (χ3v) is 8.44. The lowest BCUT2D eigenvalue weighted by molar-refractivity contribution is 0.0689. The first-order valence-electron chi connectivity index (χ1n) is 11.4. The monoisotopic (exact) mass is 497 g/mol. The van der Waals surface area contributed by atoms with Gasteiger partial charge >= 0.3 is 0 Å². The van der Waals surface area contributed by atoms with Crippen LogP contribution in [-0.4, -0.2) is 68.3 Å². The number of anilines is 2. The van der Waals surface area contributed by atoms with E-state index in [0.717, 1.165) is 88.2 Å². The highest BCUT2D eigenvalue weighted by Gasteiger charge is 2.30. The largest absolute Gasteiger partial charge is 0.497 e.